The molecule has 1 fully saturated rings. The molecule has 2 heterocycles. The largest absolute Gasteiger partial charge is 0.320 e. The lowest BCUT2D eigenvalue weighted by molar-refractivity contribution is -0.117. The van der Waals surface area contributed by atoms with E-state index in [2.05, 4.69) is 10.3 Å². The van der Waals surface area contributed by atoms with E-state index >= 15 is 0 Å². The molecular formula is C7H6N2O2S2. The van der Waals surface area contributed by atoms with Gasteiger partial charge in [-0.1, -0.05) is 23.5 Å². The number of nitrogens with zero attached hydrogens (tertiary/aromatic N) is 1. The van der Waals surface area contributed by atoms with Crippen molar-refractivity contribution in [1.29, 1.82) is 0 Å². The highest BCUT2D eigenvalue weighted by atomic mass is 32.2. The Morgan fingerprint density at radius 3 is 2.69 bits per heavy atom. The SMILES string of the molecule is O=C1CSC(C=C2NC(=O)CS2)=N1. The van der Waals surface area contributed by atoms with Gasteiger partial charge >= 0.3 is 0 Å². The number of aliphatic imine (C=N–C) groups is 1. The molecule has 6 heteroatoms. The predicted molar refractivity (Wildman–Crippen MR) is 53.6 cm³/mol. The zero-order chi connectivity index (χ0) is 9.26. The topological polar surface area (TPSA) is 58.5 Å². The summed E-state index contributed by atoms with van der Waals surface area (Å²) in [5, 5.41) is 4.15. The fourth-order valence-corrected chi connectivity index (χ4v) is 2.46. The Morgan fingerprint density at radius 1 is 1.31 bits per heavy atom. The number of hydrogen-bond acceptors (Lipinski definition) is 4. The van der Waals surface area contributed by atoms with Gasteiger partial charge in [0, 0.05) is 6.08 Å². The molecule has 0 bridgehead atoms. The number of amides is 2. The van der Waals surface area contributed by atoms with Crippen molar-refractivity contribution in [2.45, 2.75) is 0 Å². The van der Waals surface area contributed by atoms with E-state index in [1.165, 1.54) is 23.5 Å². The number of carbonyl (C=O) groups excluding carboxylic acids is 2. The molecule has 2 aliphatic rings. The first-order valence-corrected chi connectivity index (χ1v) is 5.60. The van der Waals surface area contributed by atoms with E-state index in [-0.39, 0.29) is 11.8 Å². The number of carbonyl (C=O) groups is 2. The normalized spacial score (nSPS) is 25.2. The molecular weight excluding hydrogens is 208 g/mol. The Bertz CT molecular complexity index is 335. The van der Waals surface area contributed by atoms with Crippen molar-refractivity contribution < 1.29 is 9.59 Å². The van der Waals surface area contributed by atoms with Gasteiger partial charge in [0.15, 0.2) is 0 Å². The second-order valence-corrected chi connectivity index (χ2v) is 4.49. The first-order valence-electron chi connectivity index (χ1n) is 3.63. The highest BCUT2D eigenvalue weighted by Gasteiger charge is 2.18. The molecule has 0 spiro atoms. The summed E-state index contributed by atoms with van der Waals surface area (Å²) in [6.07, 6.45) is 1.74. The van der Waals surface area contributed by atoms with Crippen molar-refractivity contribution >= 4 is 40.4 Å². The lowest BCUT2D eigenvalue weighted by Crippen LogP contribution is -2.14. The van der Waals surface area contributed by atoms with Crippen molar-refractivity contribution in [2.75, 3.05) is 11.5 Å². The Morgan fingerprint density at radius 2 is 2.15 bits per heavy atom. The molecule has 0 radical (unpaired) electrons. The fraction of sp³-hybridized carbons (Fsp3) is 0.286. The maximum atomic E-state index is 10.8. The first kappa shape index (κ1) is 8.83. The molecule has 13 heavy (non-hydrogen) atoms. The summed E-state index contributed by atoms with van der Waals surface area (Å²) in [4.78, 5) is 25.3. The smallest absolute Gasteiger partial charge is 0.257 e. The van der Waals surface area contributed by atoms with E-state index in [9.17, 15) is 9.59 Å². The minimum absolute atomic E-state index is 0.00572. The molecule has 2 rings (SSSR count). The molecule has 0 aromatic carbocycles. The standard InChI is InChI=1S/C7H6N2O2S2/c10-4-2-12-6(8-4)1-7-9-5(11)3-13-7/h1H,2-3H2,(H,8,10). The van der Waals surface area contributed by atoms with Crippen LogP contribution in [0.3, 0.4) is 0 Å². The summed E-state index contributed by atoms with van der Waals surface area (Å²) in [7, 11) is 0. The first-order chi connectivity index (χ1) is 6.24. The minimum atomic E-state index is -0.105. The van der Waals surface area contributed by atoms with Crippen LogP contribution < -0.4 is 5.32 Å². The molecule has 4 nitrogen and oxygen atoms in total. The third-order valence-corrected chi connectivity index (χ3v) is 3.29. The van der Waals surface area contributed by atoms with Crippen LogP contribution in [-0.4, -0.2) is 28.4 Å². The van der Waals surface area contributed by atoms with Gasteiger partial charge in [-0.3, -0.25) is 9.59 Å². The molecule has 0 aliphatic carbocycles. The van der Waals surface area contributed by atoms with Crippen LogP contribution in [0.2, 0.25) is 0 Å². The van der Waals surface area contributed by atoms with E-state index in [1.54, 1.807) is 6.08 Å². The van der Waals surface area contributed by atoms with Gasteiger partial charge in [-0.2, -0.15) is 0 Å². The van der Waals surface area contributed by atoms with Crippen LogP contribution in [0, 0.1) is 0 Å². The van der Waals surface area contributed by atoms with Crippen molar-refractivity contribution in [2.24, 2.45) is 4.99 Å². The van der Waals surface area contributed by atoms with Gasteiger partial charge in [0.2, 0.25) is 5.91 Å². The second kappa shape index (κ2) is 3.55. The molecule has 1 N–H and O–H groups in total. The molecule has 0 unspecified atom stereocenters. The maximum Gasteiger partial charge on any atom is 0.257 e. The lowest BCUT2D eigenvalue weighted by Gasteiger charge is -1.93. The quantitative estimate of drug-likeness (QED) is 0.685. The average Bonchev–Trinajstić information content (AvgIpc) is 2.62. The Labute approximate surface area is 83.2 Å². The molecule has 1 saturated heterocycles. The number of nitrogens with one attached hydrogen (secondary N) is 1. The maximum absolute atomic E-state index is 10.8. The Balaban J connectivity index is 2.08. The van der Waals surface area contributed by atoms with E-state index in [0.29, 0.717) is 16.5 Å². The van der Waals surface area contributed by atoms with Crippen molar-refractivity contribution in [3.63, 3.8) is 0 Å². The minimum Gasteiger partial charge on any atom is -0.320 e. The molecule has 2 aliphatic heterocycles. The average molecular weight is 214 g/mol. The number of hydrogen-bond donors (Lipinski definition) is 1. The molecule has 68 valence electrons. The van der Waals surface area contributed by atoms with Crippen LogP contribution in [0.5, 0.6) is 0 Å². The van der Waals surface area contributed by atoms with Gasteiger partial charge in [0.05, 0.1) is 16.5 Å². The molecule has 0 atom stereocenters. The summed E-state index contributed by atoms with van der Waals surface area (Å²) < 4.78 is 0. The van der Waals surface area contributed by atoms with Crippen LogP contribution in [0.1, 0.15) is 0 Å². The summed E-state index contributed by atoms with van der Waals surface area (Å²) >= 11 is 2.83. The summed E-state index contributed by atoms with van der Waals surface area (Å²) in [6, 6.07) is 0. The number of thioether (sulfide) groups is 2. The second-order valence-electron chi connectivity index (χ2n) is 2.48. The summed E-state index contributed by atoms with van der Waals surface area (Å²) in [5.41, 5.74) is 0. The van der Waals surface area contributed by atoms with Gasteiger partial charge in [0.25, 0.3) is 5.91 Å². The van der Waals surface area contributed by atoms with Crippen molar-refractivity contribution in [3.8, 4) is 0 Å². The molecule has 0 saturated carbocycles. The van der Waals surface area contributed by atoms with Gasteiger partial charge < -0.3 is 5.32 Å². The zero-order valence-corrected chi connectivity index (χ0v) is 8.20. The van der Waals surface area contributed by atoms with E-state index < -0.39 is 0 Å². The van der Waals surface area contributed by atoms with E-state index in [1.807, 2.05) is 0 Å². The van der Waals surface area contributed by atoms with Crippen LogP contribution >= 0.6 is 23.5 Å². The van der Waals surface area contributed by atoms with Crippen LogP contribution in [0.15, 0.2) is 16.1 Å². The van der Waals surface area contributed by atoms with Crippen LogP contribution in [0.25, 0.3) is 0 Å². The third kappa shape index (κ3) is 2.13. The predicted octanol–water partition coefficient (Wildman–Crippen LogP) is 0.363. The van der Waals surface area contributed by atoms with E-state index in [4.69, 9.17) is 0 Å². The Hall–Kier alpha value is -0.750. The monoisotopic (exact) mass is 214 g/mol. The van der Waals surface area contributed by atoms with Crippen molar-refractivity contribution in [1.82, 2.24) is 5.32 Å². The van der Waals surface area contributed by atoms with Crippen LogP contribution in [0.4, 0.5) is 0 Å². The zero-order valence-electron chi connectivity index (χ0n) is 6.57. The highest BCUT2D eigenvalue weighted by molar-refractivity contribution is 8.15. The summed E-state index contributed by atoms with van der Waals surface area (Å²) in [6.45, 7) is 0. The van der Waals surface area contributed by atoms with Crippen LogP contribution in [-0.2, 0) is 9.59 Å². The van der Waals surface area contributed by atoms with Crippen molar-refractivity contribution in [3.05, 3.63) is 11.1 Å². The highest BCUT2D eigenvalue weighted by Crippen LogP contribution is 2.22. The Kier molecular flexibility index (Phi) is 2.41. The lowest BCUT2D eigenvalue weighted by atomic mass is 10.6. The fourth-order valence-electron chi connectivity index (χ4n) is 0.940. The molecule has 0 aromatic heterocycles. The third-order valence-electron chi connectivity index (χ3n) is 1.45. The van der Waals surface area contributed by atoms with Gasteiger partial charge in [0.1, 0.15) is 5.04 Å². The molecule has 0 aromatic rings. The van der Waals surface area contributed by atoms with Gasteiger partial charge in [-0.25, -0.2) is 4.99 Å². The van der Waals surface area contributed by atoms with Gasteiger partial charge in [-0.15, -0.1) is 0 Å². The van der Waals surface area contributed by atoms with Gasteiger partial charge in [-0.05, 0) is 0 Å². The summed E-state index contributed by atoms with van der Waals surface area (Å²) in [5.74, 6) is 0.771. The molecule has 2 amide bonds. The van der Waals surface area contributed by atoms with E-state index in [0.717, 1.165) is 5.03 Å². The number of rotatable bonds is 1.